The molecule has 0 aromatic carbocycles. The molecule has 3 aliphatic carbocycles. The fourth-order valence-electron chi connectivity index (χ4n) is 7.52. The first kappa shape index (κ1) is 15.7. The first-order chi connectivity index (χ1) is 10.8. The summed E-state index contributed by atoms with van der Waals surface area (Å²) < 4.78 is 0. The quantitative estimate of drug-likeness (QED) is 0.596. The summed E-state index contributed by atoms with van der Waals surface area (Å²) in [6, 6.07) is 0.486. The summed E-state index contributed by atoms with van der Waals surface area (Å²) >= 11 is 0. The maximum absolute atomic E-state index is 12.2. The summed E-state index contributed by atoms with van der Waals surface area (Å²) in [4.78, 5) is 14.3. The molecule has 1 aliphatic heterocycles. The van der Waals surface area contributed by atoms with Gasteiger partial charge in [0.15, 0.2) is 0 Å². The van der Waals surface area contributed by atoms with E-state index < -0.39 is 0 Å². The molecule has 0 aromatic rings. The summed E-state index contributed by atoms with van der Waals surface area (Å²) in [6.45, 7) is 9.87. The fraction of sp³-hybridized carbons (Fsp3) is 0.857. The molecular formula is C21H33NO. The van der Waals surface area contributed by atoms with Crippen LogP contribution in [0.4, 0.5) is 0 Å². The lowest BCUT2D eigenvalue weighted by Crippen LogP contribution is -2.61. The van der Waals surface area contributed by atoms with Gasteiger partial charge in [0.2, 0.25) is 5.91 Å². The van der Waals surface area contributed by atoms with E-state index in [0.29, 0.717) is 22.8 Å². The van der Waals surface area contributed by atoms with E-state index in [1.165, 1.54) is 25.7 Å². The van der Waals surface area contributed by atoms with Crippen LogP contribution in [0.15, 0.2) is 11.6 Å². The topological polar surface area (TPSA) is 20.3 Å². The highest BCUT2D eigenvalue weighted by molar-refractivity contribution is 5.77. The molecular weight excluding hydrogens is 282 g/mol. The third kappa shape index (κ3) is 1.90. The van der Waals surface area contributed by atoms with E-state index >= 15 is 0 Å². The van der Waals surface area contributed by atoms with Gasteiger partial charge in [0, 0.05) is 19.5 Å². The number of rotatable bonds is 0. The van der Waals surface area contributed by atoms with Gasteiger partial charge in [-0.25, -0.2) is 0 Å². The first-order valence-electron chi connectivity index (χ1n) is 9.73. The lowest BCUT2D eigenvalue weighted by molar-refractivity contribution is -0.157. The summed E-state index contributed by atoms with van der Waals surface area (Å²) in [5, 5.41) is 0. The van der Waals surface area contributed by atoms with Gasteiger partial charge in [-0.1, -0.05) is 32.4 Å². The zero-order valence-electron chi connectivity index (χ0n) is 15.6. The van der Waals surface area contributed by atoms with Crippen molar-refractivity contribution in [1.29, 1.82) is 0 Å². The van der Waals surface area contributed by atoms with Crippen LogP contribution in [0, 0.1) is 34.5 Å². The molecule has 128 valence electrons. The molecule has 0 aromatic heterocycles. The van der Waals surface area contributed by atoms with Gasteiger partial charge in [-0.3, -0.25) is 4.79 Å². The highest BCUT2D eigenvalue weighted by Gasteiger charge is 2.60. The number of allylic oxidation sites excluding steroid dienone is 2. The summed E-state index contributed by atoms with van der Waals surface area (Å²) in [5.74, 6) is 3.62. The molecule has 3 fully saturated rings. The molecule has 4 aliphatic rings. The zero-order valence-corrected chi connectivity index (χ0v) is 15.6. The maximum atomic E-state index is 12.2. The molecule has 7 atom stereocenters. The van der Waals surface area contributed by atoms with E-state index in [9.17, 15) is 4.79 Å². The SMILES string of the molecule is CC1=C[C@@H](C)[C@H]2[C@@H]3CC[C@H]4N(C)C(=O)CC[C@]4(C)[C@H]3CC[C@]12C. The van der Waals surface area contributed by atoms with Crippen molar-refractivity contribution in [3.05, 3.63) is 11.6 Å². The maximum Gasteiger partial charge on any atom is 0.222 e. The van der Waals surface area contributed by atoms with Gasteiger partial charge >= 0.3 is 0 Å². The van der Waals surface area contributed by atoms with E-state index in [2.05, 4.69) is 45.7 Å². The van der Waals surface area contributed by atoms with Crippen molar-refractivity contribution in [2.24, 2.45) is 34.5 Å². The number of nitrogens with zero attached hydrogens (tertiary/aromatic N) is 1. The Balaban J connectivity index is 1.68. The molecule has 0 bridgehead atoms. The van der Waals surface area contributed by atoms with Crippen LogP contribution in [0.3, 0.4) is 0 Å². The molecule has 23 heavy (non-hydrogen) atoms. The van der Waals surface area contributed by atoms with E-state index in [4.69, 9.17) is 0 Å². The predicted octanol–water partition coefficient (Wildman–Crippen LogP) is 4.65. The second-order valence-corrected chi connectivity index (χ2v) is 9.56. The normalized spacial score (nSPS) is 52.6. The molecule has 1 saturated heterocycles. The smallest absolute Gasteiger partial charge is 0.222 e. The Bertz CT molecular complexity index is 566. The van der Waals surface area contributed by atoms with E-state index in [1.54, 1.807) is 5.57 Å². The van der Waals surface area contributed by atoms with Crippen molar-refractivity contribution in [1.82, 2.24) is 4.90 Å². The Kier molecular flexibility index (Phi) is 3.32. The van der Waals surface area contributed by atoms with Crippen molar-refractivity contribution in [3.8, 4) is 0 Å². The van der Waals surface area contributed by atoms with Crippen molar-refractivity contribution >= 4 is 5.91 Å². The second-order valence-electron chi connectivity index (χ2n) is 9.56. The van der Waals surface area contributed by atoms with Gasteiger partial charge in [0.25, 0.3) is 0 Å². The highest BCUT2D eigenvalue weighted by atomic mass is 16.2. The van der Waals surface area contributed by atoms with Gasteiger partial charge in [-0.15, -0.1) is 0 Å². The average Bonchev–Trinajstić information content (AvgIpc) is 2.73. The number of piperidine rings is 1. The zero-order chi connectivity index (χ0) is 16.6. The summed E-state index contributed by atoms with van der Waals surface area (Å²) in [7, 11) is 2.06. The average molecular weight is 316 g/mol. The molecule has 0 spiro atoms. The van der Waals surface area contributed by atoms with Gasteiger partial charge in [0.1, 0.15) is 0 Å². The van der Waals surface area contributed by atoms with Crippen molar-refractivity contribution in [2.75, 3.05) is 7.05 Å². The van der Waals surface area contributed by atoms with Crippen LogP contribution >= 0.6 is 0 Å². The first-order valence-corrected chi connectivity index (χ1v) is 9.73. The number of fused-ring (bicyclic) bond motifs is 5. The van der Waals surface area contributed by atoms with Gasteiger partial charge in [-0.2, -0.15) is 0 Å². The molecule has 2 nitrogen and oxygen atoms in total. The number of carbonyl (C=O) groups excluding carboxylic acids is 1. The van der Waals surface area contributed by atoms with Crippen LogP contribution in [0.25, 0.3) is 0 Å². The Hall–Kier alpha value is -0.790. The predicted molar refractivity (Wildman–Crippen MR) is 93.9 cm³/mol. The third-order valence-corrected chi connectivity index (χ3v) is 8.79. The minimum absolute atomic E-state index is 0.350. The van der Waals surface area contributed by atoms with Crippen molar-refractivity contribution in [3.63, 3.8) is 0 Å². The Morgan fingerprint density at radius 2 is 1.91 bits per heavy atom. The number of hydrogen-bond acceptors (Lipinski definition) is 1. The lowest BCUT2D eigenvalue weighted by atomic mass is 9.46. The summed E-state index contributed by atoms with van der Waals surface area (Å²) in [5.41, 5.74) is 2.44. The Morgan fingerprint density at radius 3 is 2.65 bits per heavy atom. The van der Waals surface area contributed by atoms with Crippen LogP contribution in [0.5, 0.6) is 0 Å². The fourth-order valence-corrected chi connectivity index (χ4v) is 7.52. The van der Waals surface area contributed by atoms with Crippen LogP contribution in [-0.2, 0) is 4.79 Å². The molecule has 0 N–H and O–H groups in total. The van der Waals surface area contributed by atoms with Gasteiger partial charge in [-0.05, 0) is 73.5 Å². The molecule has 1 heterocycles. The van der Waals surface area contributed by atoms with Gasteiger partial charge < -0.3 is 4.90 Å². The lowest BCUT2D eigenvalue weighted by Gasteiger charge is -2.62. The van der Waals surface area contributed by atoms with E-state index in [-0.39, 0.29) is 0 Å². The molecule has 0 radical (unpaired) electrons. The number of carbonyl (C=O) groups is 1. The molecule has 1 amide bonds. The molecule has 2 heteroatoms. The molecule has 4 rings (SSSR count). The number of amides is 1. The van der Waals surface area contributed by atoms with Crippen molar-refractivity contribution in [2.45, 2.75) is 72.3 Å². The second kappa shape index (κ2) is 4.86. The molecule has 2 saturated carbocycles. The Morgan fingerprint density at radius 1 is 1.17 bits per heavy atom. The monoisotopic (exact) mass is 315 g/mol. The highest BCUT2D eigenvalue weighted by Crippen LogP contribution is 2.65. The standard InChI is InChI=1S/C21H33NO/c1-13-12-14(2)20(3)10-8-16-15(19(13)20)6-7-17-21(16,4)11-9-18(23)22(17)5/h12-13,15-17,19H,6-11H2,1-5H3/t13-,15-,16+,17-,19+,20-,21-/m1/s1. The van der Waals surface area contributed by atoms with E-state index in [0.717, 1.165) is 36.5 Å². The Labute approximate surface area is 141 Å². The largest absolute Gasteiger partial charge is 0.342 e. The van der Waals surface area contributed by atoms with Crippen LogP contribution in [0.1, 0.15) is 66.2 Å². The molecule has 0 unspecified atom stereocenters. The minimum atomic E-state index is 0.350. The number of likely N-dealkylation sites (tertiary alicyclic amines) is 1. The minimum Gasteiger partial charge on any atom is -0.342 e. The van der Waals surface area contributed by atoms with Crippen LogP contribution in [0.2, 0.25) is 0 Å². The van der Waals surface area contributed by atoms with Crippen LogP contribution in [-0.4, -0.2) is 23.9 Å². The van der Waals surface area contributed by atoms with Crippen molar-refractivity contribution < 1.29 is 4.79 Å². The third-order valence-electron chi connectivity index (χ3n) is 8.79. The van der Waals surface area contributed by atoms with Gasteiger partial charge in [0.05, 0.1) is 0 Å². The van der Waals surface area contributed by atoms with Crippen LogP contribution < -0.4 is 0 Å². The number of hydrogen-bond donors (Lipinski definition) is 0. The van der Waals surface area contributed by atoms with E-state index in [1.807, 2.05) is 0 Å². The summed E-state index contributed by atoms with van der Waals surface area (Å²) in [6.07, 6.45) is 9.72.